The van der Waals surface area contributed by atoms with Gasteiger partial charge in [-0.1, -0.05) is 0 Å². The van der Waals surface area contributed by atoms with E-state index >= 15 is 0 Å². The minimum Gasteiger partial charge on any atom is -0.369 e. The molecule has 7 nitrogen and oxygen atoms in total. The molecule has 0 radical (unpaired) electrons. The van der Waals surface area contributed by atoms with Gasteiger partial charge in [-0.2, -0.15) is 5.10 Å². The number of carbonyl (C=O) groups excluding carboxylic acids is 2. The first-order chi connectivity index (χ1) is 10.9. The molecular formula is C16H27N5O2. The van der Waals surface area contributed by atoms with Gasteiger partial charge in [0.2, 0.25) is 11.8 Å². The number of nitrogens with two attached hydrogens (primary N) is 1. The molecule has 0 unspecified atom stereocenters. The summed E-state index contributed by atoms with van der Waals surface area (Å²) >= 11 is 0. The molecule has 0 aromatic carbocycles. The van der Waals surface area contributed by atoms with Gasteiger partial charge in [0, 0.05) is 25.3 Å². The molecule has 3 N–H and O–H groups in total. The molecule has 1 fully saturated rings. The molecule has 0 aliphatic carbocycles. The normalized spacial score (nSPS) is 21.0. The molecule has 1 aliphatic rings. The van der Waals surface area contributed by atoms with Crippen molar-refractivity contribution < 1.29 is 9.59 Å². The van der Waals surface area contributed by atoms with Crippen LogP contribution in [0.1, 0.15) is 32.3 Å². The summed E-state index contributed by atoms with van der Waals surface area (Å²) in [5.41, 5.74) is 6.49. The van der Waals surface area contributed by atoms with Crippen LogP contribution in [-0.4, -0.2) is 51.7 Å². The van der Waals surface area contributed by atoms with Crippen molar-refractivity contribution in [1.82, 2.24) is 20.0 Å². The fourth-order valence-corrected chi connectivity index (χ4v) is 3.08. The smallest absolute Gasteiger partial charge is 0.239 e. The van der Waals surface area contributed by atoms with Crippen molar-refractivity contribution in [2.24, 2.45) is 11.7 Å². The van der Waals surface area contributed by atoms with Gasteiger partial charge in [-0.3, -0.25) is 14.3 Å². The third kappa shape index (κ3) is 4.79. The molecule has 1 aromatic heterocycles. The molecule has 2 heterocycles. The van der Waals surface area contributed by atoms with Gasteiger partial charge in [-0.15, -0.1) is 0 Å². The third-order valence-corrected chi connectivity index (χ3v) is 4.26. The fraction of sp³-hybridized carbons (Fsp3) is 0.688. The highest BCUT2D eigenvalue weighted by Crippen LogP contribution is 2.16. The van der Waals surface area contributed by atoms with Crippen LogP contribution in [0.25, 0.3) is 0 Å². The number of rotatable bonds is 6. The Bertz CT molecular complexity index is 556. The van der Waals surface area contributed by atoms with E-state index in [9.17, 15) is 9.59 Å². The van der Waals surface area contributed by atoms with Gasteiger partial charge in [-0.05, 0) is 39.2 Å². The topological polar surface area (TPSA) is 93.2 Å². The molecule has 0 saturated carbocycles. The summed E-state index contributed by atoms with van der Waals surface area (Å²) in [5, 5.41) is 7.57. The van der Waals surface area contributed by atoms with Crippen molar-refractivity contribution in [1.29, 1.82) is 0 Å². The van der Waals surface area contributed by atoms with Gasteiger partial charge < -0.3 is 16.0 Å². The van der Waals surface area contributed by atoms with Crippen molar-refractivity contribution >= 4 is 11.8 Å². The summed E-state index contributed by atoms with van der Waals surface area (Å²) in [6.07, 6.45) is 5.40. The van der Waals surface area contributed by atoms with Crippen molar-refractivity contribution in [3.05, 3.63) is 18.0 Å². The van der Waals surface area contributed by atoms with Gasteiger partial charge in [0.25, 0.3) is 0 Å². The Morgan fingerprint density at radius 2 is 2.22 bits per heavy atom. The molecule has 2 rings (SSSR count). The summed E-state index contributed by atoms with van der Waals surface area (Å²) in [4.78, 5) is 25.6. The number of carbonyl (C=O) groups is 2. The number of amides is 2. The molecular weight excluding hydrogens is 294 g/mol. The first kappa shape index (κ1) is 17.5. The number of primary amides is 1. The molecule has 128 valence electrons. The first-order valence-corrected chi connectivity index (χ1v) is 8.20. The standard InChI is InChI=1S/C16H27N5O2/c1-11-7-18-21(8-11)9-12(2)19-13(3)16(23)20-6-4-5-14(10-20)15(17)22/h7-8,12-14,19H,4-6,9-10H2,1-3H3,(H2,17,22)/t12-,13+,14+/m0/s1. The maximum atomic E-state index is 12.5. The van der Waals surface area contributed by atoms with Gasteiger partial charge in [0.15, 0.2) is 0 Å². The summed E-state index contributed by atoms with van der Waals surface area (Å²) in [5.74, 6) is -0.505. The van der Waals surface area contributed by atoms with Crippen molar-refractivity contribution in [2.75, 3.05) is 13.1 Å². The number of hydrogen-bond acceptors (Lipinski definition) is 4. The Morgan fingerprint density at radius 3 is 2.83 bits per heavy atom. The fourth-order valence-electron chi connectivity index (χ4n) is 3.08. The number of hydrogen-bond donors (Lipinski definition) is 2. The molecule has 1 saturated heterocycles. The second-order valence-corrected chi connectivity index (χ2v) is 6.55. The average molecular weight is 321 g/mol. The Hall–Kier alpha value is -1.89. The van der Waals surface area contributed by atoms with E-state index in [0.29, 0.717) is 19.6 Å². The predicted molar refractivity (Wildman–Crippen MR) is 87.5 cm³/mol. The lowest BCUT2D eigenvalue weighted by Gasteiger charge is -2.33. The van der Waals surface area contributed by atoms with E-state index in [-0.39, 0.29) is 29.8 Å². The number of aromatic nitrogens is 2. The van der Waals surface area contributed by atoms with E-state index in [0.717, 1.165) is 18.4 Å². The van der Waals surface area contributed by atoms with Crippen LogP contribution in [0.15, 0.2) is 12.4 Å². The van der Waals surface area contributed by atoms with Crippen LogP contribution >= 0.6 is 0 Å². The largest absolute Gasteiger partial charge is 0.369 e. The van der Waals surface area contributed by atoms with Crippen molar-refractivity contribution in [3.8, 4) is 0 Å². The zero-order chi connectivity index (χ0) is 17.0. The molecule has 1 aromatic rings. The first-order valence-electron chi connectivity index (χ1n) is 8.20. The lowest BCUT2D eigenvalue weighted by molar-refractivity contribution is -0.136. The average Bonchev–Trinajstić information content (AvgIpc) is 2.91. The Morgan fingerprint density at radius 1 is 1.48 bits per heavy atom. The molecule has 3 atom stereocenters. The summed E-state index contributed by atoms with van der Waals surface area (Å²) in [6, 6.07) is -0.182. The lowest BCUT2D eigenvalue weighted by Crippen LogP contribution is -2.52. The van der Waals surface area contributed by atoms with Crippen LogP contribution in [0, 0.1) is 12.8 Å². The SMILES string of the molecule is Cc1cnn(C[C@H](C)N[C@H](C)C(=O)N2CCC[C@@H](C(N)=O)C2)c1. The zero-order valence-electron chi connectivity index (χ0n) is 14.2. The van der Waals surface area contributed by atoms with Crippen molar-refractivity contribution in [2.45, 2.75) is 52.2 Å². The molecule has 2 amide bonds. The lowest BCUT2D eigenvalue weighted by atomic mass is 9.97. The summed E-state index contributed by atoms with van der Waals surface area (Å²) in [6.45, 7) is 7.73. The second-order valence-electron chi connectivity index (χ2n) is 6.55. The van der Waals surface area contributed by atoms with Crippen molar-refractivity contribution in [3.63, 3.8) is 0 Å². The minimum atomic E-state index is -0.314. The number of nitrogens with zero attached hydrogens (tertiary/aromatic N) is 3. The quantitative estimate of drug-likeness (QED) is 0.787. The number of nitrogens with one attached hydrogen (secondary N) is 1. The molecule has 23 heavy (non-hydrogen) atoms. The maximum Gasteiger partial charge on any atom is 0.239 e. The predicted octanol–water partition coefficient (Wildman–Crippen LogP) is 0.282. The molecule has 0 spiro atoms. The summed E-state index contributed by atoms with van der Waals surface area (Å²) < 4.78 is 1.87. The van der Waals surface area contributed by atoms with Gasteiger partial charge in [0.1, 0.15) is 0 Å². The highest BCUT2D eigenvalue weighted by molar-refractivity contribution is 5.83. The summed E-state index contributed by atoms with van der Waals surface area (Å²) in [7, 11) is 0. The number of likely N-dealkylation sites (tertiary alicyclic amines) is 1. The Labute approximate surface area is 137 Å². The monoisotopic (exact) mass is 321 g/mol. The van der Waals surface area contributed by atoms with E-state index in [1.54, 1.807) is 4.90 Å². The highest BCUT2D eigenvalue weighted by Gasteiger charge is 2.29. The Balaban J connectivity index is 1.85. The van der Waals surface area contributed by atoms with Crippen LogP contribution in [0.3, 0.4) is 0 Å². The van der Waals surface area contributed by atoms with Gasteiger partial charge in [-0.25, -0.2) is 0 Å². The zero-order valence-corrected chi connectivity index (χ0v) is 14.2. The molecule has 0 bridgehead atoms. The van der Waals surface area contributed by atoms with E-state index in [4.69, 9.17) is 5.73 Å². The Kier molecular flexibility index (Phi) is 5.76. The van der Waals surface area contributed by atoms with Crippen LogP contribution in [0.2, 0.25) is 0 Å². The molecule has 7 heteroatoms. The molecule has 1 aliphatic heterocycles. The van der Waals surface area contributed by atoms with E-state index in [2.05, 4.69) is 10.4 Å². The van der Waals surface area contributed by atoms with E-state index < -0.39 is 0 Å². The maximum absolute atomic E-state index is 12.5. The third-order valence-electron chi connectivity index (χ3n) is 4.26. The van der Waals surface area contributed by atoms with E-state index in [1.807, 2.05) is 37.8 Å². The van der Waals surface area contributed by atoms with Gasteiger partial charge >= 0.3 is 0 Å². The van der Waals surface area contributed by atoms with Crippen LogP contribution < -0.4 is 11.1 Å². The number of aryl methyl sites for hydroxylation is 1. The highest BCUT2D eigenvalue weighted by atomic mass is 16.2. The van der Waals surface area contributed by atoms with E-state index in [1.165, 1.54) is 0 Å². The second kappa shape index (κ2) is 7.59. The minimum absolute atomic E-state index is 0.0273. The van der Waals surface area contributed by atoms with Crippen LogP contribution in [-0.2, 0) is 16.1 Å². The van der Waals surface area contributed by atoms with Crippen LogP contribution in [0.4, 0.5) is 0 Å². The van der Waals surface area contributed by atoms with Gasteiger partial charge in [0.05, 0.1) is 24.7 Å². The van der Waals surface area contributed by atoms with Crippen LogP contribution in [0.5, 0.6) is 0 Å². The number of piperidine rings is 1.